The lowest BCUT2D eigenvalue weighted by Gasteiger charge is -2.38. The van der Waals surface area contributed by atoms with Gasteiger partial charge in [0.25, 0.3) is 0 Å². The summed E-state index contributed by atoms with van der Waals surface area (Å²) in [7, 11) is 0. The number of hydrogen-bond acceptors (Lipinski definition) is 2. The van der Waals surface area contributed by atoms with Crippen LogP contribution in [0, 0.1) is 5.92 Å². The predicted octanol–water partition coefficient (Wildman–Crippen LogP) is 1.65. The van der Waals surface area contributed by atoms with Crippen LogP contribution in [0.25, 0.3) is 0 Å². The summed E-state index contributed by atoms with van der Waals surface area (Å²) < 4.78 is 26.2. The minimum absolute atomic E-state index is 0.145. The van der Waals surface area contributed by atoms with Crippen molar-refractivity contribution in [1.29, 1.82) is 0 Å². The third-order valence-corrected chi connectivity index (χ3v) is 2.95. The van der Waals surface area contributed by atoms with Gasteiger partial charge in [0.15, 0.2) is 0 Å². The molecule has 5 heteroatoms. The van der Waals surface area contributed by atoms with Crippen LogP contribution >= 0.6 is 0 Å². The average Bonchev–Trinajstić information content (AvgIpc) is 2.10. The van der Waals surface area contributed by atoms with Crippen LogP contribution in [0.3, 0.4) is 0 Å². The van der Waals surface area contributed by atoms with Gasteiger partial charge in [-0.25, -0.2) is 4.79 Å². The van der Waals surface area contributed by atoms with Crippen LogP contribution in [0.1, 0.15) is 32.6 Å². The normalized spacial score (nSPS) is 34.1. The molecule has 0 aromatic heterocycles. The highest BCUT2D eigenvalue weighted by molar-refractivity contribution is 5.77. The van der Waals surface area contributed by atoms with Crippen molar-refractivity contribution in [3.63, 3.8) is 0 Å². The van der Waals surface area contributed by atoms with Gasteiger partial charge in [-0.05, 0) is 31.6 Å². The van der Waals surface area contributed by atoms with Crippen molar-refractivity contribution in [2.45, 2.75) is 44.1 Å². The fourth-order valence-corrected chi connectivity index (χ4v) is 1.75. The molecule has 1 fully saturated rings. The van der Waals surface area contributed by atoms with E-state index in [0.717, 1.165) is 0 Å². The van der Waals surface area contributed by atoms with E-state index in [0.29, 0.717) is 12.8 Å². The van der Waals surface area contributed by atoms with Crippen LogP contribution in [0.2, 0.25) is 0 Å². The summed E-state index contributed by atoms with van der Waals surface area (Å²) in [4.78, 5) is 10.3. The molecule has 1 aliphatic carbocycles. The van der Waals surface area contributed by atoms with Crippen LogP contribution in [0.15, 0.2) is 0 Å². The monoisotopic (exact) mass is 208 g/mol. The summed E-state index contributed by atoms with van der Waals surface area (Å²) in [6, 6.07) is 0. The fraction of sp³-hybridized carbons (Fsp3) is 0.889. The molecule has 0 radical (unpaired) electrons. The molecule has 0 unspecified atom stereocenters. The smallest absolute Gasteiger partial charge is 0.377 e. The van der Waals surface area contributed by atoms with Crippen LogP contribution in [0.5, 0.6) is 0 Å². The van der Waals surface area contributed by atoms with Crippen molar-refractivity contribution >= 4 is 5.97 Å². The zero-order valence-corrected chi connectivity index (χ0v) is 7.96. The molecule has 0 aliphatic heterocycles. The fourth-order valence-electron chi connectivity index (χ4n) is 1.75. The lowest BCUT2D eigenvalue weighted by atomic mass is 9.76. The lowest BCUT2D eigenvalue weighted by molar-refractivity contribution is -0.217. The molecular formula is C9H14F2O3. The molecule has 0 atom stereocenters. The highest BCUT2D eigenvalue weighted by Crippen LogP contribution is 2.42. The van der Waals surface area contributed by atoms with E-state index >= 15 is 0 Å². The first-order chi connectivity index (χ1) is 6.29. The molecule has 0 spiro atoms. The van der Waals surface area contributed by atoms with Crippen LogP contribution < -0.4 is 0 Å². The maximum absolute atomic E-state index is 13.1. The molecule has 3 nitrogen and oxygen atoms in total. The van der Waals surface area contributed by atoms with Gasteiger partial charge >= 0.3 is 11.9 Å². The number of aliphatic carboxylic acids is 1. The number of halogens is 2. The third kappa shape index (κ3) is 1.73. The zero-order valence-electron chi connectivity index (χ0n) is 7.96. The largest absolute Gasteiger partial charge is 0.477 e. The summed E-state index contributed by atoms with van der Waals surface area (Å²) in [6.45, 7) is 1.90. The maximum atomic E-state index is 13.1. The first-order valence-corrected chi connectivity index (χ1v) is 4.63. The maximum Gasteiger partial charge on any atom is 0.377 e. The lowest BCUT2D eigenvalue weighted by Crippen LogP contribution is -2.54. The van der Waals surface area contributed by atoms with E-state index in [9.17, 15) is 18.7 Å². The predicted molar refractivity (Wildman–Crippen MR) is 45.2 cm³/mol. The second-order valence-corrected chi connectivity index (χ2v) is 4.09. The first-order valence-electron chi connectivity index (χ1n) is 4.63. The summed E-state index contributed by atoms with van der Waals surface area (Å²) in [5.41, 5.74) is -2.36. The Morgan fingerprint density at radius 1 is 1.43 bits per heavy atom. The number of hydrogen-bond donors (Lipinski definition) is 2. The first kappa shape index (κ1) is 11.4. The molecule has 2 N–H and O–H groups in total. The zero-order chi connectivity index (χ0) is 11.0. The van der Waals surface area contributed by atoms with Crippen LogP contribution in [-0.4, -0.2) is 27.7 Å². The quantitative estimate of drug-likeness (QED) is 0.725. The summed E-state index contributed by atoms with van der Waals surface area (Å²) in [5.74, 6) is -6.00. The van der Waals surface area contributed by atoms with Gasteiger partial charge in [0, 0.05) is 0 Å². The van der Waals surface area contributed by atoms with Gasteiger partial charge in [0.1, 0.15) is 5.60 Å². The van der Waals surface area contributed by atoms with E-state index in [-0.39, 0.29) is 18.8 Å². The molecule has 0 heterocycles. The highest BCUT2D eigenvalue weighted by atomic mass is 19.3. The van der Waals surface area contributed by atoms with Crippen molar-refractivity contribution in [3.05, 3.63) is 0 Å². The summed E-state index contributed by atoms with van der Waals surface area (Å²) >= 11 is 0. The van der Waals surface area contributed by atoms with E-state index in [4.69, 9.17) is 5.11 Å². The van der Waals surface area contributed by atoms with E-state index < -0.39 is 17.5 Å². The van der Waals surface area contributed by atoms with Crippen molar-refractivity contribution in [2.24, 2.45) is 5.92 Å². The molecular weight excluding hydrogens is 194 g/mol. The number of alkyl halides is 2. The number of aliphatic hydroxyl groups is 1. The van der Waals surface area contributed by atoms with Gasteiger partial charge in [0.05, 0.1) is 0 Å². The Morgan fingerprint density at radius 2 is 1.86 bits per heavy atom. The summed E-state index contributed by atoms with van der Waals surface area (Å²) in [5, 5.41) is 17.9. The standard InChI is InChI=1S/C9H14F2O3/c1-6-2-4-8(14,5-3-6)9(10,11)7(12)13/h6,14H,2-5H2,1H3,(H,12,13). The molecule has 14 heavy (non-hydrogen) atoms. The Morgan fingerprint density at radius 3 is 2.21 bits per heavy atom. The molecule has 0 amide bonds. The second-order valence-electron chi connectivity index (χ2n) is 4.09. The van der Waals surface area contributed by atoms with Crippen molar-refractivity contribution < 1.29 is 23.8 Å². The van der Waals surface area contributed by atoms with Crippen LogP contribution in [0.4, 0.5) is 8.78 Å². The molecule has 0 saturated heterocycles. The van der Waals surface area contributed by atoms with Gasteiger partial charge in [-0.2, -0.15) is 8.78 Å². The second kappa shape index (κ2) is 3.46. The summed E-state index contributed by atoms with van der Waals surface area (Å²) in [6.07, 6.45) is 0.597. The van der Waals surface area contributed by atoms with Crippen molar-refractivity contribution in [2.75, 3.05) is 0 Å². The Labute approximate surface area is 80.7 Å². The Balaban J connectivity index is 2.80. The molecule has 0 aromatic rings. The number of carbonyl (C=O) groups is 1. The van der Waals surface area contributed by atoms with Crippen molar-refractivity contribution in [1.82, 2.24) is 0 Å². The molecule has 0 bridgehead atoms. The average molecular weight is 208 g/mol. The van der Waals surface area contributed by atoms with E-state index in [2.05, 4.69) is 0 Å². The van der Waals surface area contributed by atoms with E-state index in [1.165, 1.54) is 0 Å². The van der Waals surface area contributed by atoms with Gasteiger partial charge in [0.2, 0.25) is 0 Å². The minimum Gasteiger partial charge on any atom is -0.477 e. The minimum atomic E-state index is -4.03. The molecule has 1 aliphatic rings. The Bertz CT molecular complexity index is 232. The van der Waals surface area contributed by atoms with E-state index in [1.54, 1.807) is 0 Å². The Kier molecular flexibility index (Phi) is 2.81. The number of carboxylic acid groups (broad SMARTS) is 1. The van der Waals surface area contributed by atoms with Crippen molar-refractivity contribution in [3.8, 4) is 0 Å². The molecule has 0 aromatic carbocycles. The number of carboxylic acids is 1. The Hall–Kier alpha value is -0.710. The van der Waals surface area contributed by atoms with Gasteiger partial charge in [-0.1, -0.05) is 6.92 Å². The third-order valence-electron chi connectivity index (χ3n) is 2.95. The van der Waals surface area contributed by atoms with Gasteiger partial charge in [-0.15, -0.1) is 0 Å². The topological polar surface area (TPSA) is 57.5 Å². The number of rotatable bonds is 2. The van der Waals surface area contributed by atoms with E-state index in [1.807, 2.05) is 6.92 Å². The highest BCUT2D eigenvalue weighted by Gasteiger charge is 2.59. The SMILES string of the molecule is CC1CCC(O)(C(F)(F)C(=O)O)CC1. The van der Waals surface area contributed by atoms with Crippen LogP contribution in [-0.2, 0) is 4.79 Å². The van der Waals surface area contributed by atoms with Gasteiger partial charge < -0.3 is 10.2 Å². The van der Waals surface area contributed by atoms with Gasteiger partial charge in [-0.3, -0.25) is 0 Å². The molecule has 82 valence electrons. The molecule has 1 rings (SSSR count). The molecule has 1 saturated carbocycles.